The number of benzene rings is 1. The molecule has 0 radical (unpaired) electrons. The maximum absolute atomic E-state index is 13.0. The lowest BCUT2D eigenvalue weighted by molar-refractivity contribution is -0.126. The molecule has 0 amide bonds. The number of carbonyl (C=O) groups excluding carboxylic acids is 1. The molecule has 6 heteroatoms. The molecule has 2 saturated carbocycles. The van der Waals surface area contributed by atoms with Gasteiger partial charge in [0.1, 0.15) is 11.5 Å². The molecule has 3 rings (SSSR count). The Kier molecular flexibility index (Phi) is 4.64. The van der Waals surface area contributed by atoms with Gasteiger partial charge in [0.2, 0.25) is 0 Å². The minimum absolute atomic E-state index is 0.0200. The van der Waals surface area contributed by atoms with E-state index < -0.39 is 20.9 Å². The summed E-state index contributed by atoms with van der Waals surface area (Å²) in [6.07, 6.45) is 2.79. The van der Waals surface area contributed by atoms with Gasteiger partial charge in [0.25, 0.3) is 10.1 Å². The molecule has 1 aromatic rings. The number of Topliss-reactive ketones (excluding diaryl/α,β-unsaturated/α-hetero) is 1. The van der Waals surface area contributed by atoms with Crippen molar-refractivity contribution in [1.82, 2.24) is 0 Å². The number of hydrogen-bond acceptors (Lipinski definition) is 4. The number of aryl methyl sites for hydroxylation is 1. The zero-order chi connectivity index (χ0) is 21.3. The Hall–Kier alpha value is -1.66. The van der Waals surface area contributed by atoms with Crippen LogP contribution in [0.4, 0.5) is 0 Å². The van der Waals surface area contributed by atoms with E-state index in [9.17, 15) is 22.9 Å². The van der Waals surface area contributed by atoms with Crippen LogP contribution >= 0.6 is 0 Å². The van der Waals surface area contributed by atoms with Gasteiger partial charge in [-0.15, -0.1) is 0 Å². The van der Waals surface area contributed by atoms with E-state index in [1.54, 1.807) is 6.07 Å². The van der Waals surface area contributed by atoms with Gasteiger partial charge in [0.05, 0.1) is 10.3 Å². The summed E-state index contributed by atoms with van der Waals surface area (Å²) in [4.78, 5) is 12.7. The third-order valence-corrected chi connectivity index (χ3v) is 8.00. The van der Waals surface area contributed by atoms with E-state index in [0.29, 0.717) is 24.0 Å². The van der Waals surface area contributed by atoms with Gasteiger partial charge in [0.15, 0.2) is 0 Å². The zero-order valence-corrected chi connectivity index (χ0v) is 18.3. The molecule has 2 bridgehead atoms. The second kappa shape index (κ2) is 6.17. The van der Waals surface area contributed by atoms with Gasteiger partial charge in [-0.25, -0.2) is 0 Å². The lowest BCUT2D eigenvalue weighted by Crippen LogP contribution is -2.40. The van der Waals surface area contributed by atoms with Crippen LogP contribution in [0.15, 0.2) is 17.0 Å². The Morgan fingerprint density at radius 1 is 1.25 bits per heavy atom. The molecule has 154 valence electrons. The van der Waals surface area contributed by atoms with Crippen molar-refractivity contribution in [2.75, 3.05) is 0 Å². The molecule has 2 unspecified atom stereocenters. The molecule has 2 fully saturated rings. The summed E-state index contributed by atoms with van der Waals surface area (Å²) in [6, 6.07) is 3.56. The van der Waals surface area contributed by atoms with Gasteiger partial charge in [0, 0.05) is 17.5 Å². The topological polar surface area (TPSA) is 91.7 Å². The number of aromatic hydroxyl groups is 1. The molecular weight excluding hydrogens is 376 g/mol. The molecule has 0 heterocycles. The summed E-state index contributed by atoms with van der Waals surface area (Å²) in [6.45, 7) is 11.6. The highest BCUT2D eigenvalue weighted by atomic mass is 32.2. The van der Waals surface area contributed by atoms with Crippen LogP contribution in [-0.4, -0.2) is 23.9 Å². The molecule has 0 saturated heterocycles. The first-order valence-corrected chi connectivity index (χ1v) is 11.1. The fourth-order valence-corrected chi connectivity index (χ4v) is 6.50. The summed E-state index contributed by atoms with van der Waals surface area (Å²) in [5.74, 6) is -0.0596. The van der Waals surface area contributed by atoms with Gasteiger partial charge in [-0.3, -0.25) is 9.35 Å². The van der Waals surface area contributed by atoms with Gasteiger partial charge in [-0.2, -0.15) is 8.42 Å². The van der Waals surface area contributed by atoms with Crippen molar-refractivity contribution < 1.29 is 22.9 Å². The highest BCUT2D eigenvalue weighted by Gasteiger charge is 2.67. The van der Waals surface area contributed by atoms with Crippen LogP contribution in [0.3, 0.4) is 0 Å². The SMILES string of the molecule is Cc1cc(C=C(C23CCC(CC2=O)C3(C)C)S(=O)(=O)O)c(O)c(C(C)(C)C)c1. The Morgan fingerprint density at radius 3 is 2.29 bits per heavy atom. The predicted octanol–water partition coefficient (Wildman–Crippen LogP) is 4.62. The van der Waals surface area contributed by atoms with Gasteiger partial charge in [-0.05, 0) is 54.2 Å². The van der Waals surface area contributed by atoms with Crippen LogP contribution in [0.25, 0.3) is 6.08 Å². The fraction of sp³-hybridized carbons (Fsp3) is 0.591. The van der Waals surface area contributed by atoms with E-state index in [2.05, 4.69) is 0 Å². The number of phenols is 1. The van der Waals surface area contributed by atoms with Crippen LogP contribution < -0.4 is 0 Å². The zero-order valence-electron chi connectivity index (χ0n) is 17.5. The van der Waals surface area contributed by atoms with E-state index in [4.69, 9.17) is 0 Å². The summed E-state index contributed by atoms with van der Waals surface area (Å²) in [5.41, 5.74) is -0.308. The van der Waals surface area contributed by atoms with E-state index in [0.717, 1.165) is 12.0 Å². The van der Waals surface area contributed by atoms with Crippen molar-refractivity contribution in [3.05, 3.63) is 33.7 Å². The van der Waals surface area contributed by atoms with Crippen molar-refractivity contribution in [2.45, 2.75) is 66.2 Å². The van der Waals surface area contributed by atoms with Crippen molar-refractivity contribution in [2.24, 2.45) is 16.7 Å². The lowest BCUT2D eigenvalue weighted by atomic mass is 9.68. The van der Waals surface area contributed by atoms with Gasteiger partial charge >= 0.3 is 0 Å². The minimum Gasteiger partial charge on any atom is -0.507 e. The number of fused-ring (bicyclic) bond motifs is 2. The fourth-order valence-electron chi connectivity index (χ4n) is 5.30. The van der Waals surface area contributed by atoms with Crippen molar-refractivity contribution in [1.29, 1.82) is 0 Å². The summed E-state index contributed by atoms with van der Waals surface area (Å²) in [7, 11) is -4.64. The summed E-state index contributed by atoms with van der Waals surface area (Å²) >= 11 is 0. The molecule has 2 aliphatic rings. The van der Waals surface area contributed by atoms with E-state index in [1.807, 2.05) is 47.6 Å². The molecule has 2 aliphatic carbocycles. The highest BCUT2D eigenvalue weighted by molar-refractivity contribution is 7.90. The van der Waals surface area contributed by atoms with Crippen LogP contribution in [-0.2, 0) is 20.3 Å². The molecule has 2 atom stereocenters. The quantitative estimate of drug-likeness (QED) is 0.715. The van der Waals surface area contributed by atoms with E-state index in [-0.39, 0.29) is 27.8 Å². The van der Waals surface area contributed by atoms with Gasteiger partial charge < -0.3 is 5.11 Å². The van der Waals surface area contributed by atoms with Gasteiger partial charge in [-0.1, -0.05) is 40.7 Å². The standard InChI is InChI=1S/C22H30O5S/c1-13-9-14(19(24)16(10-13)20(2,3)4)11-18(28(25,26)27)22-8-7-15(12-17(22)23)21(22,5)6/h9-11,15,24H,7-8,12H2,1-6H3,(H,25,26,27). The predicted molar refractivity (Wildman–Crippen MR) is 110 cm³/mol. The molecule has 28 heavy (non-hydrogen) atoms. The second-order valence-electron chi connectivity index (χ2n) is 9.97. The first-order chi connectivity index (χ1) is 12.6. The second-order valence-corrected chi connectivity index (χ2v) is 11.4. The molecule has 0 aromatic heterocycles. The van der Waals surface area contributed by atoms with Crippen molar-refractivity contribution in [3.63, 3.8) is 0 Å². The molecule has 0 aliphatic heterocycles. The summed E-state index contributed by atoms with van der Waals surface area (Å²) in [5, 5.41) is 10.9. The highest BCUT2D eigenvalue weighted by Crippen LogP contribution is 2.67. The molecule has 5 nitrogen and oxygen atoms in total. The third-order valence-electron chi connectivity index (χ3n) is 6.97. The average molecular weight is 407 g/mol. The number of ketones is 1. The molecule has 2 N–H and O–H groups in total. The third kappa shape index (κ3) is 2.92. The van der Waals surface area contributed by atoms with Crippen LogP contribution in [0.2, 0.25) is 0 Å². The van der Waals surface area contributed by atoms with E-state index >= 15 is 0 Å². The first-order valence-electron chi connectivity index (χ1n) is 9.69. The molecular formula is C22H30O5S. The maximum Gasteiger partial charge on any atom is 0.291 e. The largest absolute Gasteiger partial charge is 0.507 e. The van der Waals surface area contributed by atoms with Crippen LogP contribution in [0, 0.1) is 23.7 Å². The Morgan fingerprint density at radius 2 is 1.86 bits per heavy atom. The Bertz CT molecular complexity index is 979. The average Bonchev–Trinajstić information content (AvgIpc) is 2.87. The van der Waals surface area contributed by atoms with Crippen LogP contribution in [0.5, 0.6) is 5.75 Å². The molecule has 1 aromatic carbocycles. The first kappa shape index (κ1) is 21.1. The monoisotopic (exact) mass is 406 g/mol. The summed E-state index contributed by atoms with van der Waals surface area (Å²) < 4.78 is 35.1. The maximum atomic E-state index is 13.0. The number of phenolic OH excluding ortho intramolecular Hbond substituents is 1. The minimum atomic E-state index is -4.64. The van der Waals surface area contributed by atoms with Crippen LogP contribution in [0.1, 0.15) is 70.6 Å². The lowest BCUT2D eigenvalue weighted by Gasteiger charge is -2.37. The number of allylic oxidation sites excluding steroid dienone is 1. The smallest absolute Gasteiger partial charge is 0.291 e. The van der Waals surface area contributed by atoms with Crippen molar-refractivity contribution in [3.8, 4) is 5.75 Å². The number of rotatable bonds is 3. The Labute approximate surface area is 167 Å². The molecule has 0 spiro atoms. The number of carbonyl (C=O) groups is 1. The van der Waals surface area contributed by atoms with Crippen molar-refractivity contribution >= 4 is 22.0 Å². The Balaban J connectivity index is 2.32. The number of hydrogen-bond donors (Lipinski definition) is 2. The van der Waals surface area contributed by atoms with E-state index in [1.165, 1.54) is 6.08 Å². The normalized spacial score (nSPS) is 27.5.